The third-order valence-corrected chi connectivity index (χ3v) is 4.38. The van der Waals surface area contributed by atoms with Gasteiger partial charge in [-0.25, -0.2) is 22.6 Å². The van der Waals surface area contributed by atoms with E-state index in [1.165, 1.54) is 0 Å². The van der Waals surface area contributed by atoms with Crippen LogP contribution < -0.4 is 5.56 Å². The van der Waals surface area contributed by atoms with Crippen LogP contribution in [0.5, 0.6) is 0 Å². The van der Waals surface area contributed by atoms with Gasteiger partial charge in [0.1, 0.15) is 11.6 Å². The number of H-pyrrole nitrogens is 1. The molecule has 1 heterocycles. The van der Waals surface area contributed by atoms with Crippen molar-refractivity contribution >= 4 is 15.8 Å². The molecule has 134 valence electrons. The van der Waals surface area contributed by atoms with E-state index < -0.39 is 44.4 Å². The number of aliphatic hydroxyl groups is 1. The maximum atomic E-state index is 13.4. The molecule has 8 nitrogen and oxygen atoms in total. The Morgan fingerprint density at radius 3 is 2.64 bits per heavy atom. The van der Waals surface area contributed by atoms with Crippen molar-refractivity contribution in [2.45, 2.75) is 18.4 Å². The van der Waals surface area contributed by atoms with Gasteiger partial charge in [-0.05, 0) is 25.1 Å². The molecule has 2 N–H and O–H groups in total. The monoisotopic (exact) mass is 370 g/mol. The van der Waals surface area contributed by atoms with Crippen molar-refractivity contribution in [1.82, 2.24) is 9.97 Å². The van der Waals surface area contributed by atoms with Crippen LogP contribution in [-0.2, 0) is 21.2 Å². The average molecular weight is 370 g/mol. The SMILES string of the molecule is CCOC(=O)c1nc(-c2ccc(F)cc2S(C)(=O)=O)[nH]c(=O)c1CO. The Morgan fingerprint density at radius 1 is 1.40 bits per heavy atom. The number of ether oxygens (including phenoxy) is 1. The number of carbonyl (C=O) groups excluding carboxylic acids is 1. The topological polar surface area (TPSA) is 126 Å². The van der Waals surface area contributed by atoms with Crippen LogP contribution in [0.1, 0.15) is 23.0 Å². The Hall–Kier alpha value is -2.59. The van der Waals surface area contributed by atoms with E-state index in [1.807, 2.05) is 0 Å². The summed E-state index contributed by atoms with van der Waals surface area (Å²) in [6.45, 7) is 0.796. The first kappa shape index (κ1) is 18.7. The number of nitrogens with one attached hydrogen (secondary N) is 1. The summed E-state index contributed by atoms with van der Waals surface area (Å²) in [5, 5.41) is 9.28. The lowest BCUT2D eigenvalue weighted by atomic mass is 10.1. The van der Waals surface area contributed by atoms with Crippen LogP contribution in [0.3, 0.4) is 0 Å². The van der Waals surface area contributed by atoms with Crippen LogP contribution in [-0.4, -0.2) is 42.3 Å². The molecule has 2 aromatic rings. The zero-order valence-electron chi connectivity index (χ0n) is 13.4. The highest BCUT2D eigenvalue weighted by atomic mass is 32.2. The molecule has 0 amide bonds. The highest BCUT2D eigenvalue weighted by Crippen LogP contribution is 2.25. The summed E-state index contributed by atoms with van der Waals surface area (Å²) in [7, 11) is -3.84. The van der Waals surface area contributed by atoms with Gasteiger partial charge in [0.15, 0.2) is 15.5 Å². The first-order valence-electron chi connectivity index (χ1n) is 7.10. The summed E-state index contributed by atoms with van der Waals surface area (Å²) in [6.07, 6.45) is 0.873. The fourth-order valence-electron chi connectivity index (χ4n) is 2.14. The summed E-state index contributed by atoms with van der Waals surface area (Å²) in [5.74, 6) is -1.99. The number of carbonyl (C=O) groups is 1. The molecule has 10 heteroatoms. The van der Waals surface area contributed by atoms with E-state index >= 15 is 0 Å². The maximum absolute atomic E-state index is 13.4. The van der Waals surface area contributed by atoms with Crippen LogP contribution in [0, 0.1) is 5.82 Å². The van der Waals surface area contributed by atoms with Gasteiger partial charge in [-0.15, -0.1) is 0 Å². The third-order valence-electron chi connectivity index (χ3n) is 3.24. The number of halogens is 1. The van der Waals surface area contributed by atoms with Crippen molar-refractivity contribution in [1.29, 1.82) is 0 Å². The standard InChI is InChI=1S/C15H15FN2O6S/c1-3-24-15(21)12-10(7-19)14(20)18-13(17-12)9-5-4-8(16)6-11(9)25(2,22)23/h4-6,19H,3,7H2,1-2H3,(H,17,18,20). The molecule has 0 saturated heterocycles. The second-order valence-corrected chi connectivity index (χ2v) is 7.02. The largest absolute Gasteiger partial charge is 0.461 e. The normalized spacial score (nSPS) is 11.4. The quantitative estimate of drug-likeness (QED) is 0.740. The van der Waals surface area contributed by atoms with Crippen molar-refractivity contribution < 1.29 is 27.4 Å². The van der Waals surface area contributed by atoms with E-state index in [1.54, 1.807) is 6.92 Å². The van der Waals surface area contributed by atoms with Gasteiger partial charge >= 0.3 is 5.97 Å². The van der Waals surface area contributed by atoms with Crippen molar-refractivity contribution in [3.8, 4) is 11.4 Å². The minimum atomic E-state index is -3.84. The van der Waals surface area contributed by atoms with Crippen molar-refractivity contribution in [2.24, 2.45) is 0 Å². The number of hydrogen-bond donors (Lipinski definition) is 2. The lowest BCUT2D eigenvalue weighted by Gasteiger charge is -2.11. The fourth-order valence-corrected chi connectivity index (χ4v) is 3.03. The molecular formula is C15H15FN2O6S. The van der Waals surface area contributed by atoms with Crippen molar-refractivity contribution in [3.63, 3.8) is 0 Å². The summed E-state index contributed by atoms with van der Waals surface area (Å²) >= 11 is 0. The number of aromatic nitrogens is 2. The minimum Gasteiger partial charge on any atom is -0.461 e. The molecule has 0 aliphatic heterocycles. The molecule has 0 spiro atoms. The first-order valence-corrected chi connectivity index (χ1v) is 8.99. The van der Waals surface area contributed by atoms with Gasteiger partial charge in [-0.1, -0.05) is 0 Å². The summed E-state index contributed by atoms with van der Waals surface area (Å²) in [4.78, 5) is 29.9. The van der Waals surface area contributed by atoms with E-state index in [9.17, 15) is 27.5 Å². The molecule has 0 aliphatic rings. The van der Waals surface area contributed by atoms with Crippen LogP contribution in [0.15, 0.2) is 27.9 Å². The van der Waals surface area contributed by atoms with Gasteiger partial charge in [0.05, 0.1) is 23.7 Å². The van der Waals surface area contributed by atoms with Crippen LogP contribution in [0.25, 0.3) is 11.4 Å². The zero-order valence-corrected chi connectivity index (χ0v) is 14.2. The van der Waals surface area contributed by atoms with Gasteiger partial charge in [-0.2, -0.15) is 0 Å². The highest BCUT2D eigenvalue weighted by molar-refractivity contribution is 7.90. The molecule has 2 rings (SSSR count). The van der Waals surface area contributed by atoms with E-state index in [4.69, 9.17) is 4.74 Å². The summed E-state index contributed by atoms with van der Waals surface area (Å²) in [5.41, 5.74) is -1.67. The molecule has 0 radical (unpaired) electrons. The minimum absolute atomic E-state index is 0.0126. The van der Waals surface area contributed by atoms with Gasteiger partial charge in [0.2, 0.25) is 0 Å². The lowest BCUT2D eigenvalue weighted by molar-refractivity contribution is 0.0515. The number of sulfone groups is 1. The zero-order chi connectivity index (χ0) is 18.8. The van der Waals surface area contributed by atoms with Gasteiger partial charge in [0.25, 0.3) is 5.56 Å². The van der Waals surface area contributed by atoms with E-state index in [2.05, 4.69) is 9.97 Å². The van der Waals surface area contributed by atoms with Crippen molar-refractivity contribution in [2.75, 3.05) is 12.9 Å². The van der Waals surface area contributed by atoms with Crippen molar-refractivity contribution in [3.05, 3.63) is 45.6 Å². The molecule has 25 heavy (non-hydrogen) atoms. The van der Waals surface area contributed by atoms with Gasteiger partial charge in [-0.3, -0.25) is 4.79 Å². The Balaban J connectivity index is 2.78. The Bertz CT molecular complexity index is 984. The summed E-state index contributed by atoms with van der Waals surface area (Å²) < 4.78 is 42.0. The van der Waals surface area contributed by atoms with Crippen LogP contribution >= 0.6 is 0 Å². The molecule has 1 aromatic carbocycles. The van der Waals surface area contributed by atoms with Gasteiger partial charge < -0.3 is 14.8 Å². The van der Waals surface area contributed by atoms with E-state index in [-0.39, 0.29) is 23.6 Å². The predicted molar refractivity (Wildman–Crippen MR) is 85.2 cm³/mol. The highest BCUT2D eigenvalue weighted by Gasteiger charge is 2.23. The second-order valence-electron chi connectivity index (χ2n) is 5.03. The molecule has 0 unspecified atom stereocenters. The molecular weight excluding hydrogens is 355 g/mol. The number of aromatic amines is 1. The first-order chi connectivity index (χ1) is 11.7. The molecule has 0 aliphatic carbocycles. The van der Waals surface area contributed by atoms with Crippen LogP contribution in [0.4, 0.5) is 4.39 Å². The number of aliphatic hydroxyl groups excluding tert-OH is 1. The molecule has 1 aromatic heterocycles. The maximum Gasteiger partial charge on any atom is 0.357 e. The van der Waals surface area contributed by atoms with Gasteiger partial charge in [0, 0.05) is 11.8 Å². The molecule has 0 fully saturated rings. The van der Waals surface area contributed by atoms with Crippen LogP contribution in [0.2, 0.25) is 0 Å². The number of benzene rings is 1. The Kier molecular flexibility index (Phi) is 5.33. The van der Waals surface area contributed by atoms with E-state index in [0.717, 1.165) is 24.5 Å². The predicted octanol–water partition coefficient (Wildman–Crippen LogP) is 0.648. The van der Waals surface area contributed by atoms with E-state index in [0.29, 0.717) is 0 Å². The smallest absolute Gasteiger partial charge is 0.357 e. The summed E-state index contributed by atoms with van der Waals surface area (Å²) in [6, 6.07) is 2.90. The molecule has 0 bridgehead atoms. The Morgan fingerprint density at radius 2 is 2.08 bits per heavy atom. The number of rotatable bonds is 5. The number of nitrogens with zero attached hydrogens (tertiary/aromatic N) is 1. The Labute approximate surface area is 142 Å². The third kappa shape index (κ3) is 3.91. The number of hydrogen-bond acceptors (Lipinski definition) is 7. The molecule has 0 atom stereocenters. The molecule has 0 saturated carbocycles. The fraction of sp³-hybridized carbons (Fsp3) is 0.267. The second kappa shape index (κ2) is 7.11. The lowest BCUT2D eigenvalue weighted by Crippen LogP contribution is -2.23. The number of esters is 1. The average Bonchev–Trinajstić information content (AvgIpc) is 2.53.